The Morgan fingerprint density at radius 1 is 0.250 bits per heavy atom. The minimum Gasteiger partial charge on any atom is -0.466 e. The van der Waals surface area contributed by atoms with Crippen LogP contribution in [0.2, 0.25) is 0 Å². The van der Waals surface area contributed by atoms with Crippen LogP contribution in [0.25, 0.3) is 0 Å². The fourth-order valence-corrected chi connectivity index (χ4v) is 6.46. The van der Waals surface area contributed by atoms with E-state index in [0.717, 1.165) is 12.8 Å². The Morgan fingerprint density at radius 2 is 0.425 bits per heavy atom. The van der Waals surface area contributed by atoms with Gasteiger partial charge in [-0.15, -0.1) is 0 Å². The van der Waals surface area contributed by atoms with E-state index in [1.807, 2.05) is 0 Å². The maximum atomic E-state index is 11.9. The number of hydrogen-bond acceptors (Lipinski definition) is 2. The summed E-state index contributed by atoms with van der Waals surface area (Å²) in [6, 6.07) is 0. The van der Waals surface area contributed by atoms with Gasteiger partial charge in [-0.05, 0) is 12.8 Å². The summed E-state index contributed by atoms with van der Waals surface area (Å²) in [7, 11) is 0. The Balaban J connectivity index is 2.05. The van der Waals surface area contributed by atoms with Crippen LogP contribution in [0, 0.1) is 0 Å². The lowest BCUT2D eigenvalue weighted by Gasteiger charge is -2.06. The van der Waals surface area contributed by atoms with E-state index in [9.17, 15) is 4.79 Å². The van der Waals surface area contributed by atoms with E-state index in [4.69, 9.17) is 4.74 Å². The summed E-state index contributed by atoms with van der Waals surface area (Å²) in [4.78, 5) is 11.9. The minimum atomic E-state index is 0.0321. The van der Waals surface area contributed by atoms with Crippen molar-refractivity contribution in [1.82, 2.24) is 0 Å². The normalized spacial score (nSPS) is 23.6. The van der Waals surface area contributed by atoms with Gasteiger partial charge in [-0.3, -0.25) is 4.79 Å². The first-order valence-electron chi connectivity index (χ1n) is 19.1. The van der Waals surface area contributed by atoms with Crippen molar-refractivity contribution < 1.29 is 9.53 Å². The summed E-state index contributed by atoms with van der Waals surface area (Å²) in [5, 5.41) is 0. The summed E-state index contributed by atoms with van der Waals surface area (Å²) in [6.07, 6.45) is 49.6. The lowest BCUT2D eigenvalue weighted by Crippen LogP contribution is -2.05. The molecule has 1 fully saturated rings. The van der Waals surface area contributed by atoms with Gasteiger partial charge in [-0.2, -0.15) is 0 Å². The molecule has 0 aromatic carbocycles. The summed E-state index contributed by atoms with van der Waals surface area (Å²) in [6.45, 7) is 0.638. The van der Waals surface area contributed by atoms with Crippen LogP contribution in [0.5, 0.6) is 0 Å². The molecule has 0 aromatic heterocycles. The molecule has 0 bridgehead atoms. The molecule has 2 nitrogen and oxygen atoms in total. The molecule has 1 aliphatic heterocycles. The smallest absolute Gasteiger partial charge is 0.305 e. The molecule has 1 heterocycles. The Labute approximate surface area is 253 Å². The van der Waals surface area contributed by atoms with Crippen LogP contribution in [0.1, 0.15) is 231 Å². The maximum absolute atomic E-state index is 11.9. The van der Waals surface area contributed by atoms with Gasteiger partial charge in [-0.25, -0.2) is 0 Å². The van der Waals surface area contributed by atoms with Gasteiger partial charge in [0.2, 0.25) is 0 Å². The third kappa shape index (κ3) is 30.4. The molecule has 0 aromatic rings. The monoisotopic (exact) mass is 563 g/mol. The van der Waals surface area contributed by atoms with E-state index in [1.165, 1.54) is 212 Å². The summed E-state index contributed by atoms with van der Waals surface area (Å²) in [5.41, 5.74) is 0. The molecule has 0 atom stereocenters. The molecule has 0 N–H and O–H groups in total. The fourth-order valence-electron chi connectivity index (χ4n) is 6.46. The fraction of sp³-hybridized carbons (Fsp3) is 0.974. The number of carbonyl (C=O) groups is 1. The average Bonchev–Trinajstić information content (AvgIpc) is 2.96. The van der Waals surface area contributed by atoms with Gasteiger partial charge >= 0.3 is 5.97 Å². The standard InChI is InChI=1S/C38H74O2/c39-38-36-34-32-30-28-26-24-22-20-18-16-14-12-10-8-6-4-2-1-3-5-7-9-11-13-15-17-19-21-23-25-27-29-31-33-35-37-40-38/h1-37H2. The second kappa shape index (κ2) is 33.0. The van der Waals surface area contributed by atoms with Gasteiger partial charge in [0.1, 0.15) is 0 Å². The largest absolute Gasteiger partial charge is 0.466 e. The van der Waals surface area contributed by atoms with Gasteiger partial charge in [-0.1, -0.05) is 212 Å². The molecule has 0 radical (unpaired) electrons. The predicted octanol–water partition coefficient (Wildman–Crippen LogP) is 13.6. The first kappa shape index (κ1) is 37.5. The zero-order chi connectivity index (χ0) is 28.4. The molecule has 0 aliphatic carbocycles. The summed E-state index contributed by atoms with van der Waals surface area (Å²) < 4.78 is 5.45. The highest BCUT2D eigenvalue weighted by atomic mass is 16.5. The Kier molecular flexibility index (Phi) is 30.9. The average molecular weight is 563 g/mol. The molecule has 2 heteroatoms. The van der Waals surface area contributed by atoms with Crippen LogP contribution >= 0.6 is 0 Å². The lowest BCUT2D eigenvalue weighted by molar-refractivity contribution is -0.143. The Bertz CT molecular complexity index is 446. The highest BCUT2D eigenvalue weighted by Crippen LogP contribution is 2.17. The van der Waals surface area contributed by atoms with Crippen LogP contribution in [-0.2, 0) is 9.53 Å². The number of cyclic esters (lactones) is 1. The molecule has 1 aliphatic rings. The molecule has 0 unspecified atom stereocenters. The molecule has 1 saturated heterocycles. The number of hydrogen-bond donors (Lipinski definition) is 0. The van der Waals surface area contributed by atoms with Crippen molar-refractivity contribution in [3.63, 3.8) is 0 Å². The van der Waals surface area contributed by atoms with E-state index in [0.29, 0.717) is 13.0 Å². The first-order valence-corrected chi connectivity index (χ1v) is 19.1. The minimum absolute atomic E-state index is 0.0321. The van der Waals surface area contributed by atoms with Crippen LogP contribution in [0.15, 0.2) is 0 Å². The number of carbonyl (C=O) groups excluding carboxylic acids is 1. The van der Waals surface area contributed by atoms with E-state index in [1.54, 1.807) is 0 Å². The highest BCUT2D eigenvalue weighted by Gasteiger charge is 2.03. The van der Waals surface area contributed by atoms with E-state index in [-0.39, 0.29) is 5.97 Å². The topological polar surface area (TPSA) is 26.3 Å². The molecule has 40 heavy (non-hydrogen) atoms. The molecule has 0 amide bonds. The van der Waals surface area contributed by atoms with Gasteiger partial charge in [0.25, 0.3) is 0 Å². The number of rotatable bonds is 0. The zero-order valence-electron chi connectivity index (χ0n) is 27.5. The maximum Gasteiger partial charge on any atom is 0.305 e. The number of ether oxygens (including phenoxy) is 1. The summed E-state index contributed by atoms with van der Waals surface area (Å²) >= 11 is 0. The second-order valence-corrected chi connectivity index (χ2v) is 13.3. The Morgan fingerprint density at radius 3 is 0.650 bits per heavy atom. The molecule has 0 spiro atoms. The van der Waals surface area contributed by atoms with Crippen LogP contribution in [0.3, 0.4) is 0 Å². The van der Waals surface area contributed by atoms with Gasteiger partial charge < -0.3 is 4.74 Å². The second-order valence-electron chi connectivity index (χ2n) is 13.3. The third-order valence-electron chi connectivity index (χ3n) is 9.29. The quantitative estimate of drug-likeness (QED) is 0.274. The zero-order valence-corrected chi connectivity index (χ0v) is 27.5. The Hall–Kier alpha value is -0.530. The molecule has 1 rings (SSSR count). The molecule has 238 valence electrons. The molecule has 0 saturated carbocycles. The van der Waals surface area contributed by atoms with Crippen molar-refractivity contribution in [2.24, 2.45) is 0 Å². The van der Waals surface area contributed by atoms with E-state index < -0.39 is 0 Å². The van der Waals surface area contributed by atoms with Crippen LogP contribution < -0.4 is 0 Å². The van der Waals surface area contributed by atoms with Crippen molar-refractivity contribution >= 4 is 5.97 Å². The van der Waals surface area contributed by atoms with Gasteiger partial charge in [0.05, 0.1) is 6.61 Å². The predicted molar refractivity (Wildman–Crippen MR) is 177 cm³/mol. The van der Waals surface area contributed by atoms with Crippen LogP contribution in [-0.4, -0.2) is 12.6 Å². The van der Waals surface area contributed by atoms with Crippen molar-refractivity contribution in [3.8, 4) is 0 Å². The lowest BCUT2D eigenvalue weighted by atomic mass is 10.0. The number of esters is 1. The third-order valence-corrected chi connectivity index (χ3v) is 9.29. The van der Waals surface area contributed by atoms with Crippen molar-refractivity contribution in [2.45, 2.75) is 231 Å². The van der Waals surface area contributed by atoms with Crippen molar-refractivity contribution in [3.05, 3.63) is 0 Å². The van der Waals surface area contributed by atoms with Crippen molar-refractivity contribution in [1.29, 1.82) is 0 Å². The van der Waals surface area contributed by atoms with Crippen molar-refractivity contribution in [2.75, 3.05) is 6.61 Å². The molecular weight excluding hydrogens is 488 g/mol. The van der Waals surface area contributed by atoms with Gasteiger partial charge in [0.15, 0.2) is 0 Å². The van der Waals surface area contributed by atoms with E-state index >= 15 is 0 Å². The highest BCUT2D eigenvalue weighted by molar-refractivity contribution is 5.69. The SMILES string of the molecule is O=C1CCCCCCCCCCCCCCCCCCCCCCCCCCCCCCCCCCCCCO1. The van der Waals surface area contributed by atoms with E-state index in [2.05, 4.69) is 0 Å². The molecular formula is C38H74O2. The van der Waals surface area contributed by atoms with Gasteiger partial charge in [0, 0.05) is 6.42 Å². The summed E-state index contributed by atoms with van der Waals surface area (Å²) in [5.74, 6) is 0.0321. The van der Waals surface area contributed by atoms with Crippen LogP contribution in [0.4, 0.5) is 0 Å². The first-order chi connectivity index (χ1) is 19.9.